The summed E-state index contributed by atoms with van der Waals surface area (Å²) in [5.74, 6) is 0. The molecule has 0 spiro atoms. The summed E-state index contributed by atoms with van der Waals surface area (Å²) in [6.45, 7) is 7.55. The summed E-state index contributed by atoms with van der Waals surface area (Å²) in [5, 5.41) is 12.4. The fourth-order valence-electron chi connectivity index (χ4n) is 2.40. The maximum atomic E-state index is 9.33. The van der Waals surface area contributed by atoms with Crippen molar-refractivity contribution in [1.82, 2.24) is 5.32 Å². The van der Waals surface area contributed by atoms with Crippen molar-refractivity contribution in [2.45, 2.75) is 97.3 Å². The third-order valence-corrected chi connectivity index (χ3v) is 4.33. The molecule has 8 heteroatoms. The second-order valence-electron chi connectivity index (χ2n) is 6.54. The summed E-state index contributed by atoms with van der Waals surface area (Å²) >= 11 is 0. The van der Waals surface area contributed by atoms with Crippen LogP contribution in [0.4, 0.5) is 0 Å². The fraction of sp³-hybridized carbons (Fsp3) is 1.00. The molecule has 0 amide bonds. The molecule has 0 aliphatic heterocycles. The first kappa shape index (κ1) is 28.0. The second kappa shape index (κ2) is 19.5. The van der Waals surface area contributed by atoms with Crippen LogP contribution in [0.3, 0.4) is 0 Å². The van der Waals surface area contributed by atoms with Crippen LogP contribution in [0.15, 0.2) is 0 Å². The van der Waals surface area contributed by atoms with Crippen LogP contribution in [0.1, 0.15) is 85.0 Å². The molecule has 160 valence electrons. The van der Waals surface area contributed by atoms with Gasteiger partial charge in [0.2, 0.25) is 0 Å². The Kier molecular flexibility index (Phi) is 21.0. The van der Waals surface area contributed by atoms with E-state index in [4.69, 9.17) is 14.4 Å². The molecule has 7 nitrogen and oxygen atoms in total. The van der Waals surface area contributed by atoms with Crippen LogP contribution in [-0.4, -0.2) is 50.7 Å². The molecule has 0 radical (unpaired) electrons. The van der Waals surface area contributed by atoms with Crippen molar-refractivity contribution < 1.29 is 27.0 Å². The topological polar surface area (TPSA) is 105 Å². The van der Waals surface area contributed by atoms with E-state index in [1.807, 2.05) is 0 Å². The Hall–Kier alpha value is -0.250. The summed E-state index contributed by atoms with van der Waals surface area (Å²) < 4.78 is 34.8. The number of rotatable bonds is 16. The van der Waals surface area contributed by atoms with Gasteiger partial charge in [0.1, 0.15) is 0 Å². The first-order chi connectivity index (χ1) is 12.2. The van der Waals surface area contributed by atoms with Gasteiger partial charge < -0.3 is 15.2 Å². The molecule has 0 aliphatic carbocycles. The maximum Gasteiger partial charge on any atom is 0.397 e. The van der Waals surface area contributed by atoms with Crippen molar-refractivity contribution >= 4 is 10.4 Å². The van der Waals surface area contributed by atoms with Crippen molar-refractivity contribution in [3.8, 4) is 0 Å². The molecule has 2 unspecified atom stereocenters. The average Bonchev–Trinajstić information content (AvgIpc) is 2.57. The lowest BCUT2D eigenvalue weighted by molar-refractivity contribution is -0.0838. The summed E-state index contributed by atoms with van der Waals surface area (Å²) in [4.78, 5) is 0. The quantitative estimate of drug-likeness (QED) is 0.206. The number of aliphatic hydroxyl groups is 1. The molecule has 2 atom stereocenters. The van der Waals surface area contributed by atoms with Gasteiger partial charge in [0, 0.05) is 12.6 Å². The van der Waals surface area contributed by atoms with Crippen LogP contribution in [0.2, 0.25) is 0 Å². The van der Waals surface area contributed by atoms with E-state index in [-0.39, 0.29) is 0 Å². The standard InChI is InChI=1S/C17H37NO2.CH4O4S/c1-4-5-6-7-8-9-10-11-12-13-16(2)18-14-15-20-17(3)19;1-5-6(2,3)4/h16-19H,4-15H2,1-3H3;1H3,(H,2,3,4). The van der Waals surface area contributed by atoms with E-state index >= 15 is 0 Å². The summed E-state index contributed by atoms with van der Waals surface area (Å²) in [5.41, 5.74) is 0. The van der Waals surface area contributed by atoms with Crippen LogP contribution < -0.4 is 5.32 Å². The molecule has 3 N–H and O–H groups in total. The largest absolute Gasteiger partial charge is 0.397 e. The molecule has 0 rings (SSSR count). The number of hydrogen-bond acceptors (Lipinski definition) is 6. The number of aliphatic hydroxyl groups excluding tert-OH is 1. The molecule has 26 heavy (non-hydrogen) atoms. The predicted molar refractivity (Wildman–Crippen MR) is 105 cm³/mol. The van der Waals surface area contributed by atoms with Crippen molar-refractivity contribution in [2.75, 3.05) is 20.3 Å². The van der Waals surface area contributed by atoms with Gasteiger partial charge in [0.05, 0.1) is 13.7 Å². The monoisotopic (exact) mass is 399 g/mol. The van der Waals surface area contributed by atoms with Gasteiger partial charge in [-0.3, -0.25) is 8.74 Å². The van der Waals surface area contributed by atoms with Crippen LogP contribution >= 0.6 is 0 Å². The van der Waals surface area contributed by atoms with E-state index in [2.05, 4.69) is 23.3 Å². The lowest BCUT2D eigenvalue weighted by Crippen LogP contribution is -2.30. The smallest absolute Gasteiger partial charge is 0.368 e. The minimum absolute atomic E-state index is 0.553. The Balaban J connectivity index is 0. The predicted octanol–water partition coefficient (Wildman–Crippen LogP) is 3.68. The van der Waals surface area contributed by atoms with E-state index < -0.39 is 16.7 Å². The average molecular weight is 400 g/mol. The highest BCUT2D eigenvalue weighted by Gasteiger charge is 2.01. The van der Waals surface area contributed by atoms with Crippen LogP contribution in [0.25, 0.3) is 0 Å². The SMILES string of the molecule is CCCCCCCCCCCC(C)NCCOC(C)O.COS(=O)(=O)O. The van der Waals surface area contributed by atoms with Gasteiger partial charge >= 0.3 is 10.4 Å². The minimum Gasteiger partial charge on any atom is -0.368 e. The number of ether oxygens (including phenoxy) is 1. The van der Waals surface area contributed by atoms with Gasteiger partial charge in [-0.1, -0.05) is 64.7 Å². The molecule has 0 saturated heterocycles. The van der Waals surface area contributed by atoms with E-state index in [1.165, 1.54) is 64.2 Å². The molecule has 0 heterocycles. The normalized spacial score (nSPS) is 13.8. The van der Waals surface area contributed by atoms with Crippen LogP contribution in [0, 0.1) is 0 Å². The fourth-order valence-corrected chi connectivity index (χ4v) is 2.40. The molecule has 0 aliphatic rings. The van der Waals surface area contributed by atoms with Gasteiger partial charge in [-0.05, 0) is 20.3 Å². The molecule has 0 aromatic carbocycles. The molecular weight excluding hydrogens is 358 g/mol. The summed E-state index contributed by atoms with van der Waals surface area (Å²) in [6.07, 6.45) is 13.1. The third-order valence-electron chi connectivity index (χ3n) is 3.91. The zero-order valence-electron chi connectivity index (χ0n) is 17.1. The summed E-state index contributed by atoms with van der Waals surface area (Å²) in [6, 6.07) is 0.553. The van der Waals surface area contributed by atoms with Crippen molar-refractivity contribution in [3.05, 3.63) is 0 Å². The number of hydrogen-bond donors (Lipinski definition) is 3. The third kappa shape index (κ3) is 28.5. The highest BCUT2D eigenvalue weighted by Crippen LogP contribution is 2.11. The van der Waals surface area contributed by atoms with Gasteiger partial charge in [-0.2, -0.15) is 8.42 Å². The molecule has 0 aromatic rings. The lowest BCUT2D eigenvalue weighted by atomic mass is 10.0. The van der Waals surface area contributed by atoms with E-state index in [9.17, 15) is 8.42 Å². The Morgan fingerprint density at radius 2 is 1.42 bits per heavy atom. The van der Waals surface area contributed by atoms with Crippen LogP contribution in [-0.2, 0) is 19.3 Å². The summed E-state index contributed by atoms with van der Waals surface area (Å²) in [7, 11) is -3.29. The Morgan fingerprint density at radius 1 is 0.962 bits per heavy atom. The zero-order chi connectivity index (χ0) is 20.3. The van der Waals surface area contributed by atoms with Crippen LogP contribution in [0.5, 0.6) is 0 Å². The van der Waals surface area contributed by atoms with E-state index in [0.29, 0.717) is 12.6 Å². The molecule has 0 bridgehead atoms. The maximum absolute atomic E-state index is 9.33. The Labute approximate surface area is 160 Å². The van der Waals surface area contributed by atoms with E-state index in [1.54, 1.807) is 6.92 Å². The van der Waals surface area contributed by atoms with Gasteiger partial charge in [-0.25, -0.2) is 0 Å². The first-order valence-corrected chi connectivity index (χ1v) is 11.2. The van der Waals surface area contributed by atoms with Gasteiger partial charge in [-0.15, -0.1) is 0 Å². The molecule has 0 saturated carbocycles. The van der Waals surface area contributed by atoms with Gasteiger partial charge in [0.25, 0.3) is 0 Å². The highest BCUT2D eigenvalue weighted by molar-refractivity contribution is 7.80. The van der Waals surface area contributed by atoms with Crippen molar-refractivity contribution in [2.24, 2.45) is 0 Å². The highest BCUT2D eigenvalue weighted by atomic mass is 32.3. The molecule has 0 fully saturated rings. The number of unbranched alkanes of at least 4 members (excludes halogenated alkanes) is 8. The van der Waals surface area contributed by atoms with Crippen molar-refractivity contribution in [1.29, 1.82) is 0 Å². The van der Waals surface area contributed by atoms with Crippen molar-refractivity contribution in [3.63, 3.8) is 0 Å². The Morgan fingerprint density at radius 3 is 1.85 bits per heavy atom. The van der Waals surface area contributed by atoms with Gasteiger partial charge in [0.15, 0.2) is 6.29 Å². The minimum atomic E-state index is -4.16. The first-order valence-electron chi connectivity index (χ1n) is 9.79. The lowest BCUT2D eigenvalue weighted by Gasteiger charge is -2.14. The molecule has 0 aromatic heterocycles. The van der Waals surface area contributed by atoms with E-state index in [0.717, 1.165) is 13.7 Å². The Bertz CT molecular complexity index is 376. The zero-order valence-corrected chi connectivity index (χ0v) is 17.9. The molecular formula is C18H41NO6S. The second-order valence-corrected chi connectivity index (χ2v) is 7.73. The number of nitrogens with one attached hydrogen (secondary N) is 1.